The van der Waals surface area contributed by atoms with Crippen molar-refractivity contribution in [2.24, 2.45) is 9.98 Å². The zero-order valence-electron chi connectivity index (χ0n) is 19.8. The van der Waals surface area contributed by atoms with Crippen LogP contribution >= 0.6 is 11.6 Å². The zero-order chi connectivity index (χ0) is 25.0. The molecule has 1 amide bonds. The molecular weight excluding hydrogens is 464 g/mol. The molecule has 1 aliphatic rings. The first-order chi connectivity index (χ1) is 16.7. The van der Waals surface area contributed by atoms with Crippen molar-refractivity contribution in [3.63, 3.8) is 0 Å². The first kappa shape index (κ1) is 24.3. The van der Waals surface area contributed by atoms with Crippen LogP contribution in [0.5, 0.6) is 0 Å². The SMILES string of the molecule is CC(C)(C)n1nc(-c2ccc(NC(=O)Cc3ccc(Cl)cc3)cc2)c(C=O)c1NC1CN=CC=N1. The summed E-state index contributed by atoms with van der Waals surface area (Å²) in [6.45, 7) is 6.53. The first-order valence-corrected chi connectivity index (χ1v) is 11.6. The van der Waals surface area contributed by atoms with Gasteiger partial charge in [-0.05, 0) is 50.6 Å². The fraction of sp³-hybridized carbons (Fsp3) is 0.269. The van der Waals surface area contributed by atoms with E-state index in [9.17, 15) is 9.59 Å². The van der Waals surface area contributed by atoms with Gasteiger partial charge in [0.2, 0.25) is 5.91 Å². The number of aliphatic imine (C=N–C) groups is 2. The molecule has 2 N–H and O–H groups in total. The second-order valence-electron chi connectivity index (χ2n) is 9.21. The Kier molecular flexibility index (Phi) is 7.12. The highest BCUT2D eigenvalue weighted by Crippen LogP contribution is 2.33. The molecule has 0 saturated carbocycles. The average Bonchev–Trinajstić information content (AvgIpc) is 3.20. The standard InChI is InChI=1S/C26H27ClN6O2/c1-26(2,3)33-25(31-22-15-28-12-13-29-22)21(16-34)24(32-33)18-6-10-20(11-7-18)30-23(35)14-17-4-8-19(27)9-5-17/h4-13,16,22,31H,14-15H2,1-3H3,(H,30,35). The smallest absolute Gasteiger partial charge is 0.228 e. The lowest BCUT2D eigenvalue weighted by molar-refractivity contribution is -0.115. The Hall–Kier alpha value is -3.78. The molecule has 180 valence electrons. The number of hydrogen-bond donors (Lipinski definition) is 2. The topological polar surface area (TPSA) is 101 Å². The molecule has 0 spiro atoms. The number of carbonyl (C=O) groups is 2. The number of halogens is 1. The Morgan fingerprint density at radius 2 is 1.83 bits per heavy atom. The normalized spacial score (nSPS) is 15.1. The minimum absolute atomic E-state index is 0.132. The summed E-state index contributed by atoms with van der Waals surface area (Å²) in [7, 11) is 0. The lowest BCUT2D eigenvalue weighted by Crippen LogP contribution is -2.30. The van der Waals surface area contributed by atoms with Crippen LogP contribution in [-0.4, -0.2) is 47.1 Å². The van der Waals surface area contributed by atoms with Crippen LogP contribution in [0.3, 0.4) is 0 Å². The quantitative estimate of drug-likeness (QED) is 0.462. The van der Waals surface area contributed by atoms with Crippen LogP contribution in [0, 0.1) is 0 Å². The van der Waals surface area contributed by atoms with Crippen LogP contribution in [0.4, 0.5) is 11.5 Å². The molecular formula is C26H27ClN6O2. The molecule has 1 aromatic heterocycles. The van der Waals surface area contributed by atoms with Crippen LogP contribution in [0.25, 0.3) is 11.3 Å². The van der Waals surface area contributed by atoms with Gasteiger partial charge in [0, 0.05) is 28.7 Å². The van der Waals surface area contributed by atoms with Gasteiger partial charge in [0.25, 0.3) is 0 Å². The van der Waals surface area contributed by atoms with Crippen molar-refractivity contribution in [2.45, 2.75) is 38.9 Å². The van der Waals surface area contributed by atoms with Crippen LogP contribution < -0.4 is 10.6 Å². The minimum Gasteiger partial charge on any atom is -0.347 e. The number of hydrogen-bond acceptors (Lipinski definition) is 6. The number of aldehydes is 1. The van der Waals surface area contributed by atoms with Crippen molar-refractivity contribution in [3.8, 4) is 11.3 Å². The Morgan fingerprint density at radius 1 is 1.11 bits per heavy atom. The maximum Gasteiger partial charge on any atom is 0.228 e. The number of nitrogens with zero attached hydrogens (tertiary/aromatic N) is 4. The van der Waals surface area contributed by atoms with E-state index in [1.807, 2.05) is 49.7 Å². The van der Waals surface area contributed by atoms with Crippen molar-refractivity contribution in [2.75, 3.05) is 17.2 Å². The largest absolute Gasteiger partial charge is 0.347 e. The van der Waals surface area contributed by atoms with Crippen LogP contribution in [0.2, 0.25) is 5.02 Å². The molecule has 0 saturated heterocycles. The molecule has 0 bridgehead atoms. The Labute approximate surface area is 209 Å². The molecule has 2 heterocycles. The highest BCUT2D eigenvalue weighted by molar-refractivity contribution is 6.30. The molecule has 8 nitrogen and oxygen atoms in total. The molecule has 0 aliphatic carbocycles. The predicted molar refractivity (Wildman–Crippen MR) is 141 cm³/mol. The maximum absolute atomic E-state index is 12.4. The lowest BCUT2D eigenvalue weighted by atomic mass is 10.1. The predicted octanol–water partition coefficient (Wildman–Crippen LogP) is 4.85. The second-order valence-corrected chi connectivity index (χ2v) is 9.65. The van der Waals surface area contributed by atoms with Crippen molar-refractivity contribution in [3.05, 3.63) is 64.7 Å². The summed E-state index contributed by atoms with van der Waals surface area (Å²) >= 11 is 5.91. The van der Waals surface area contributed by atoms with Crippen molar-refractivity contribution < 1.29 is 9.59 Å². The van der Waals surface area contributed by atoms with E-state index < -0.39 is 0 Å². The number of carbonyl (C=O) groups excluding carboxylic acids is 2. The summed E-state index contributed by atoms with van der Waals surface area (Å²) in [6.07, 6.45) is 4.07. The minimum atomic E-state index is -0.379. The molecule has 35 heavy (non-hydrogen) atoms. The Bertz CT molecular complexity index is 1270. The van der Waals surface area contributed by atoms with Gasteiger partial charge in [0.05, 0.1) is 24.1 Å². The van der Waals surface area contributed by atoms with Crippen LogP contribution in [0.1, 0.15) is 36.7 Å². The first-order valence-electron chi connectivity index (χ1n) is 11.3. The molecule has 1 unspecified atom stereocenters. The fourth-order valence-electron chi connectivity index (χ4n) is 3.72. The van der Waals surface area contributed by atoms with Gasteiger partial charge in [-0.1, -0.05) is 35.9 Å². The van der Waals surface area contributed by atoms with E-state index in [0.29, 0.717) is 34.3 Å². The third-order valence-electron chi connectivity index (χ3n) is 5.42. The van der Waals surface area contributed by atoms with E-state index in [-0.39, 0.29) is 24.0 Å². The van der Waals surface area contributed by atoms with E-state index >= 15 is 0 Å². The fourth-order valence-corrected chi connectivity index (χ4v) is 3.85. The van der Waals surface area contributed by atoms with Crippen LogP contribution in [0.15, 0.2) is 58.5 Å². The molecule has 3 aromatic rings. The number of aromatic nitrogens is 2. The third kappa shape index (κ3) is 5.84. The zero-order valence-corrected chi connectivity index (χ0v) is 20.6. The second kappa shape index (κ2) is 10.2. The van der Waals surface area contributed by atoms with Crippen LogP contribution in [-0.2, 0) is 16.8 Å². The van der Waals surface area contributed by atoms with E-state index in [1.165, 1.54) is 0 Å². The Morgan fingerprint density at radius 3 is 2.43 bits per heavy atom. The molecule has 4 rings (SSSR count). The lowest BCUT2D eigenvalue weighted by Gasteiger charge is -2.25. The van der Waals surface area contributed by atoms with Gasteiger partial charge in [-0.25, -0.2) is 4.68 Å². The molecule has 9 heteroatoms. The summed E-state index contributed by atoms with van der Waals surface area (Å²) in [5, 5.41) is 11.6. The monoisotopic (exact) mass is 490 g/mol. The Balaban J connectivity index is 1.56. The van der Waals surface area contributed by atoms with Crippen molar-refractivity contribution in [1.29, 1.82) is 0 Å². The van der Waals surface area contributed by atoms with Gasteiger partial charge < -0.3 is 10.6 Å². The van der Waals surface area contributed by atoms with E-state index in [0.717, 1.165) is 17.4 Å². The van der Waals surface area contributed by atoms with Crippen molar-refractivity contribution >= 4 is 47.7 Å². The third-order valence-corrected chi connectivity index (χ3v) is 5.67. The van der Waals surface area contributed by atoms with Gasteiger partial charge in [0.15, 0.2) is 6.29 Å². The molecule has 2 aromatic carbocycles. The van der Waals surface area contributed by atoms with Gasteiger partial charge in [-0.2, -0.15) is 5.10 Å². The van der Waals surface area contributed by atoms with E-state index in [2.05, 4.69) is 20.6 Å². The number of benzene rings is 2. The van der Waals surface area contributed by atoms with Gasteiger partial charge in [-0.15, -0.1) is 0 Å². The molecule has 1 atom stereocenters. The maximum atomic E-state index is 12.4. The van der Waals surface area contributed by atoms with Crippen molar-refractivity contribution in [1.82, 2.24) is 9.78 Å². The highest BCUT2D eigenvalue weighted by Gasteiger charge is 2.27. The number of rotatable bonds is 7. The summed E-state index contributed by atoms with van der Waals surface area (Å²) in [6, 6.07) is 14.5. The number of amides is 1. The van der Waals surface area contributed by atoms with Gasteiger partial charge in [-0.3, -0.25) is 19.6 Å². The summed E-state index contributed by atoms with van der Waals surface area (Å²) in [4.78, 5) is 33.2. The van der Waals surface area contributed by atoms with Gasteiger partial charge >= 0.3 is 0 Å². The average molecular weight is 491 g/mol. The summed E-state index contributed by atoms with van der Waals surface area (Å²) in [5.74, 6) is 0.468. The van der Waals surface area contributed by atoms with E-state index in [1.54, 1.807) is 36.7 Å². The summed E-state index contributed by atoms with van der Waals surface area (Å²) in [5.41, 5.74) is 2.92. The molecule has 0 fully saturated rings. The molecule has 1 aliphatic heterocycles. The molecule has 0 radical (unpaired) electrons. The van der Waals surface area contributed by atoms with E-state index in [4.69, 9.17) is 16.7 Å². The number of nitrogens with one attached hydrogen (secondary N) is 2. The highest BCUT2D eigenvalue weighted by atomic mass is 35.5. The summed E-state index contributed by atoms with van der Waals surface area (Å²) < 4.78 is 1.81. The van der Waals surface area contributed by atoms with Gasteiger partial charge in [0.1, 0.15) is 17.7 Å². The number of anilines is 2.